The lowest BCUT2D eigenvalue weighted by Crippen LogP contribution is -2.74. The molecule has 1 aromatic carbocycles. The molecule has 168 valence electrons. The molecular weight excluding hydrogens is 416 g/mol. The topological polar surface area (TPSA) is 62.2 Å². The van der Waals surface area contributed by atoms with Crippen LogP contribution in [-0.4, -0.2) is 77.7 Å². The Bertz CT molecular complexity index is 950. The van der Waals surface area contributed by atoms with E-state index in [-0.39, 0.29) is 23.9 Å². The van der Waals surface area contributed by atoms with E-state index in [1.807, 2.05) is 0 Å². The van der Waals surface area contributed by atoms with Crippen molar-refractivity contribution in [1.82, 2.24) is 9.80 Å². The van der Waals surface area contributed by atoms with Gasteiger partial charge in [-0.25, -0.2) is 0 Å². The second-order valence-corrected chi connectivity index (χ2v) is 10.5. The van der Waals surface area contributed by atoms with Crippen molar-refractivity contribution in [3.8, 4) is 11.5 Å². The lowest BCUT2D eigenvalue weighted by Gasteiger charge is -2.60. The van der Waals surface area contributed by atoms with Gasteiger partial charge in [0.15, 0.2) is 11.5 Å². The average molecular weight is 447 g/mol. The Hall–Kier alpha value is -1.50. The number of piperidine rings is 1. The number of alkyl halides is 1. The minimum Gasteiger partial charge on any atom is -0.493 e. The molecule has 6 nitrogen and oxygen atoms in total. The molecule has 3 aliphatic heterocycles. The number of halogens is 1. The first-order valence-electron chi connectivity index (χ1n) is 11.6. The van der Waals surface area contributed by atoms with Gasteiger partial charge in [0.1, 0.15) is 12.0 Å². The van der Waals surface area contributed by atoms with Gasteiger partial charge in [0.05, 0.1) is 24.7 Å². The van der Waals surface area contributed by atoms with E-state index in [4.69, 9.17) is 21.1 Å². The molecule has 2 bridgehead atoms. The number of carbonyl (C=O) groups excluding carboxylic acids is 1. The zero-order valence-corrected chi connectivity index (χ0v) is 19.1. The van der Waals surface area contributed by atoms with Crippen LogP contribution in [0.1, 0.15) is 42.4 Å². The SMILES string of the molecule is COc1c(C)cc2c3c1O[C@@H]1CN(C(=O)CCl)CCC4(O)C(C2)N(CC2CC2)CCC314. The lowest BCUT2D eigenvalue weighted by atomic mass is 9.52. The summed E-state index contributed by atoms with van der Waals surface area (Å²) in [5.41, 5.74) is 2.04. The average Bonchev–Trinajstić information content (AvgIpc) is 3.52. The van der Waals surface area contributed by atoms with Gasteiger partial charge in [-0.3, -0.25) is 9.69 Å². The predicted molar refractivity (Wildman–Crippen MR) is 117 cm³/mol. The highest BCUT2D eigenvalue weighted by molar-refractivity contribution is 6.27. The van der Waals surface area contributed by atoms with Crippen molar-refractivity contribution in [3.63, 3.8) is 0 Å². The number of likely N-dealkylation sites (tertiary alicyclic amines) is 2. The van der Waals surface area contributed by atoms with Crippen molar-refractivity contribution in [1.29, 1.82) is 0 Å². The van der Waals surface area contributed by atoms with Gasteiger partial charge < -0.3 is 19.5 Å². The fourth-order valence-electron chi connectivity index (χ4n) is 7.18. The van der Waals surface area contributed by atoms with Crippen molar-refractivity contribution in [2.75, 3.05) is 39.2 Å². The molecule has 6 rings (SSSR count). The molecule has 3 unspecified atom stereocenters. The molecular formula is C24H31ClN2O4. The van der Waals surface area contributed by atoms with Crippen molar-refractivity contribution < 1.29 is 19.4 Å². The number of nitrogens with zero attached hydrogens (tertiary/aromatic N) is 2. The summed E-state index contributed by atoms with van der Waals surface area (Å²) in [6.45, 7) is 5.06. The number of benzene rings is 1. The van der Waals surface area contributed by atoms with Crippen LogP contribution in [0.3, 0.4) is 0 Å². The third-order valence-electron chi connectivity index (χ3n) is 8.74. The van der Waals surface area contributed by atoms with E-state index < -0.39 is 11.0 Å². The van der Waals surface area contributed by atoms with E-state index in [1.165, 1.54) is 18.4 Å². The van der Waals surface area contributed by atoms with Crippen LogP contribution >= 0.6 is 11.6 Å². The third-order valence-corrected chi connectivity index (χ3v) is 8.97. The summed E-state index contributed by atoms with van der Waals surface area (Å²) in [6.07, 6.45) is 4.52. The minimum atomic E-state index is -0.940. The van der Waals surface area contributed by atoms with Crippen LogP contribution in [0.25, 0.3) is 0 Å². The van der Waals surface area contributed by atoms with Gasteiger partial charge in [-0.2, -0.15) is 0 Å². The molecule has 1 amide bonds. The Morgan fingerprint density at radius 1 is 1.35 bits per heavy atom. The second-order valence-electron chi connectivity index (χ2n) is 10.2. The van der Waals surface area contributed by atoms with Crippen LogP contribution in [0.15, 0.2) is 6.07 Å². The minimum absolute atomic E-state index is 0.0456. The number of methoxy groups -OCH3 is 1. The fraction of sp³-hybridized carbons (Fsp3) is 0.708. The highest BCUT2D eigenvalue weighted by Gasteiger charge is 2.71. The first-order chi connectivity index (χ1) is 14.9. The number of amides is 1. The largest absolute Gasteiger partial charge is 0.493 e. The predicted octanol–water partition coefficient (Wildman–Crippen LogP) is 2.25. The maximum atomic E-state index is 12.6. The number of carbonyl (C=O) groups is 1. The standard InChI is InChI=1S/C24H31ClN2O4/c1-14-9-16-10-17-24(29)6-8-27(19(28)11-25)13-18-23(24,5-7-26(17)12-15-3-4-15)20(16)22(31-18)21(14)30-2/h9,15,17-18,29H,3-8,10-13H2,1-2H3/t17?,18-,23?,24?/m1/s1. The van der Waals surface area contributed by atoms with Gasteiger partial charge >= 0.3 is 0 Å². The van der Waals surface area contributed by atoms with E-state index in [0.717, 1.165) is 54.5 Å². The summed E-state index contributed by atoms with van der Waals surface area (Å²) in [7, 11) is 1.68. The van der Waals surface area contributed by atoms with Gasteiger partial charge in [-0.05, 0) is 62.6 Å². The summed E-state index contributed by atoms with van der Waals surface area (Å²) in [6, 6.07) is 2.29. The van der Waals surface area contributed by atoms with Gasteiger partial charge in [0, 0.05) is 24.7 Å². The number of hydrogen-bond donors (Lipinski definition) is 1. The van der Waals surface area contributed by atoms with E-state index >= 15 is 0 Å². The van der Waals surface area contributed by atoms with Crippen molar-refractivity contribution in [3.05, 3.63) is 22.8 Å². The molecule has 5 aliphatic rings. The molecule has 1 N–H and O–H groups in total. The second kappa shape index (κ2) is 6.75. The Morgan fingerprint density at radius 2 is 2.16 bits per heavy atom. The fourth-order valence-corrected chi connectivity index (χ4v) is 7.35. The number of hydrogen-bond acceptors (Lipinski definition) is 5. The Balaban J connectivity index is 1.54. The highest BCUT2D eigenvalue weighted by Crippen LogP contribution is 2.64. The molecule has 3 fully saturated rings. The molecule has 7 heteroatoms. The van der Waals surface area contributed by atoms with Crippen LogP contribution in [0.5, 0.6) is 11.5 Å². The lowest BCUT2D eigenvalue weighted by molar-refractivity contribution is -0.162. The van der Waals surface area contributed by atoms with Crippen molar-refractivity contribution in [2.24, 2.45) is 5.92 Å². The smallest absolute Gasteiger partial charge is 0.237 e. The Morgan fingerprint density at radius 3 is 2.87 bits per heavy atom. The van der Waals surface area contributed by atoms with E-state index in [9.17, 15) is 9.90 Å². The molecule has 1 spiro atoms. The van der Waals surface area contributed by atoms with E-state index in [2.05, 4.69) is 17.9 Å². The maximum absolute atomic E-state index is 12.6. The van der Waals surface area contributed by atoms with Gasteiger partial charge in [0.2, 0.25) is 5.91 Å². The summed E-state index contributed by atoms with van der Waals surface area (Å²) in [4.78, 5) is 16.9. The summed E-state index contributed by atoms with van der Waals surface area (Å²) in [5.74, 6) is 2.18. The number of rotatable bonds is 4. The zero-order valence-electron chi connectivity index (χ0n) is 18.3. The van der Waals surface area contributed by atoms with Gasteiger partial charge in [-0.1, -0.05) is 6.07 Å². The van der Waals surface area contributed by atoms with Crippen LogP contribution in [0.4, 0.5) is 0 Å². The number of ether oxygens (including phenoxy) is 2. The molecule has 3 heterocycles. The maximum Gasteiger partial charge on any atom is 0.237 e. The molecule has 1 saturated carbocycles. The Kier molecular flexibility index (Phi) is 4.38. The Labute approximate surface area is 188 Å². The molecule has 1 aromatic rings. The van der Waals surface area contributed by atoms with Crippen LogP contribution in [0.2, 0.25) is 0 Å². The van der Waals surface area contributed by atoms with Gasteiger partial charge in [-0.15, -0.1) is 11.6 Å². The molecule has 2 aliphatic carbocycles. The number of aryl methyl sites for hydroxylation is 1. The van der Waals surface area contributed by atoms with Crippen molar-refractivity contribution >= 4 is 17.5 Å². The van der Waals surface area contributed by atoms with E-state index in [0.29, 0.717) is 19.5 Å². The monoisotopic (exact) mass is 446 g/mol. The number of aliphatic hydroxyl groups is 1. The van der Waals surface area contributed by atoms with Crippen LogP contribution in [-0.2, 0) is 16.6 Å². The molecule has 4 atom stereocenters. The third kappa shape index (κ3) is 2.56. The van der Waals surface area contributed by atoms with E-state index in [1.54, 1.807) is 12.0 Å². The summed E-state index contributed by atoms with van der Waals surface area (Å²) < 4.78 is 12.4. The van der Waals surface area contributed by atoms with Gasteiger partial charge in [0.25, 0.3) is 0 Å². The van der Waals surface area contributed by atoms with Crippen LogP contribution in [0, 0.1) is 12.8 Å². The summed E-state index contributed by atoms with van der Waals surface area (Å²) in [5, 5.41) is 12.6. The first kappa shape index (κ1) is 20.1. The molecule has 2 saturated heterocycles. The highest BCUT2D eigenvalue weighted by atomic mass is 35.5. The molecule has 31 heavy (non-hydrogen) atoms. The summed E-state index contributed by atoms with van der Waals surface area (Å²) >= 11 is 5.93. The quantitative estimate of drug-likeness (QED) is 0.719. The van der Waals surface area contributed by atoms with Crippen LogP contribution < -0.4 is 9.47 Å². The van der Waals surface area contributed by atoms with Crippen molar-refractivity contribution in [2.45, 2.75) is 62.2 Å². The molecule has 0 radical (unpaired) electrons. The zero-order chi connectivity index (χ0) is 21.5. The normalized spacial score (nSPS) is 35.9. The molecule has 0 aromatic heterocycles. The first-order valence-corrected chi connectivity index (χ1v) is 12.1.